The van der Waals surface area contributed by atoms with Gasteiger partial charge < -0.3 is 15.8 Å². The van der Waals surface area contributed by atoms with Crippen molar-refractivity contribution in [1.29, 1.82) is 0 Å². The lowest BCUT2D eigenvalue weighted by Gasteiger charge is -2.15. The summed E-state index contributed by atoms with van der Waals surface area (Å²) in [5.74, 6) is -6.16. The maximum atomic E-state index is 14.4. The zero-order valence-corrected chi connectivity index (χ0v) is 16.3. The van der Waals surface area contributed by atoms with E-state index in [1.165, 1.54) is 12.3 Å². The highest BCUT2D eigenvalue weighted by molar-refractivity contribution is 6.05. The molecular formula is C21H13F6N3O3. The topological polar surface area (TPSA) is 94.3 Å². The Balaban J connectivity index is 1.91. The van der Waals surface area contributed by atoms with Gasteiger partial charge >= 0.3 is 6.18 Å². The van der Waals surface area contributed by atoms with Crippen molar-refractivity contribution >= 4 is 17.5 Å². The van der Waals surface area contributed by atoms with E-state index in [0.29, 0.717) is 18.2 Å². The van der Waals surface area contributed by atoms with E-state index in [2.05, 4.69) is 4.98 Å². The molecule has 0 unspecified atom stereocenters. The van der Waals surface area contributed by atoms with Crippen LogP contribution in [0.4, 0.5) is 32.0 Å². The van der Waals surface area contributed by atoms with Crippen LogP contribution >= 0.6 is 0 Å². The molecule has 0 spiro atoms. The van der Waals surface area contributed by atoms with Gasteiger partial charge in [-0.3, -0.25) is 14.6 Å². The third-order valence-corrected chi connectivity index (χ3v) is 4.32. The van der Waals surface area contributed by atoms with Crippen LogP contribution in [0.2, 0.25) is 0 Å². The second-order valence-electron chi connectivity index (χ2n) is 6.59. The van der Waals surface area contributed by atoms with Crippen LogP contribution in [0.1, 0.15) is 31.8 Å². The van der Waals surface area contributed by atoms with E-state index in [0.717, 1.165) is 18.3 Å². The Morgan fingerprint density at radius 1 is 1.03 bits per heavy atom. The Hall–Kier alpha value is -4.09. The number of nitrogens with zero attached hydrogens (tertiary/aromatic N) is 1. The van der Waals surface area contributed by atoms with Crippen molar-refractivity contribution in [3.63, 3.8) is 0 Å². The van der Waals surface area contributed by atoms with E-state index in [-0.39, 0.29) is 16.9 Å². The van der Waals surface area contributed by atoms with E-state index < -0.39 is 58.9 Å². The number of amides is 2. The molecule has 0 fully saturated rings. The van der Waals surface area contributed by atoms with Crippen molar-refractivity contribution < 1.29 is 40.7 Å². The monoisotopic (exact) mass is 469 g/mol. The largest absolute Gasteiger partial charge is 0.488 e. The van der Waals surface area contributed by atoms with Gasteiger partial charge in [0.1, 0.15) is 29.8 Å². The summed E-state index contributed by atoms with van der Waals surface area (Å²) in [5, 5.41) is 2.02. The molecule has 0 bridgehead atoms. The minimum Gasteiger partial charge on any atom is -0.488 e. The molecule has 3 rings (SSSR count). The molecule has 6 nitrogen and oxygen atoms in total. The van der Waals surface area contributed by atoms with E-state index in [9.17, 15) is 35.9 Å². The smallest absolute Gasteiger partial charge is 0.419 e. The van der Waals surface area contributed by atoms with Crippen molar-refractivity contribution in [3.05, 3.63) is 88.5 Å². The van der Waals surface area contributed by atoms with Gasteiger partial charge in [-0.05, 0) is 30.3 Å². The lowest BCUT2D eigenvalue weighted by molar-refractivity contribution is -0.139. The van der Waals surface area contributed by atoms with Crippen LogP contribution in [0.25, 0.3) is 0 Å². The molecule has 3 N–H and O–H groups in total. The van der Waals surface area contributed by atoms with Crippen LogP contribution < -0.4 is 15.8 Å². The molecule has 1 heterocycles. The van der Waals surface area contributed by atoms with Crippen LogP contribution in [0.5, 0.6) is 5.75 Å². The van der Waals surface area contributed by atoms with Gasteiger partial charge in [0.05, 0.1) is 16.7 Å². The average Bonchev–Trinajstić information content (AvgIpc) is 2.72. The summed E-state index contributed by atoms with van der Waals surface area (Å²) in [6, 6.07) is 4.09. The molecule has 0 aliphatic carbocycles. The van der Waals surface area contributed by atoms with Gasteiger partial charge in [-0.25, -0.2) is 13.2 Å². The van der Waals surface area contributed by atoms with Gasteiger partial charge in [0.2, 0.25) is 0 Å². The first-order chi connectivity index (χ1) is 15.5. The summed E-state index contributed by atoms with van der Waals surface area (Å²) < 4.78 is 85.8. The number of nitrogens with two attached hydrogens (primary N) is 1. The van der Waals surface area contributed by atoms with E-state index in [1.807, 2.05) is 5.32 Å². The normalized spacial score (nSPS) is 11.2. The number of carbonyl (C=O) groups excluding carboxylic acids is 2. The van der Waals surface area contributed by atoms with Gasteiger partial charge in [0.15, 0.2) is 0 Å². The Kier molecular flexibility index (Phi) is 6.56. The fourth-order valence-electron chi connectivity index (χ4n) is 2.86. The molecule has 0 radical (unpaired) electrons. The number of aromatic nitrogens is 1. The number of pyridine rings is 1. The third-order valence-electron chi connectivity index (χ3n) is 4.32. The van der Waals surface area contributed by atoms with Crippen LogP contribution in [0.15, 0.2) is 48.8 Å². The number of rotatable bonds is 6. The molecule has 3 aromatic rings. The molecule has 0 aliphatic rings. The van der Waals surface area contributed by atoms with Crippen LogP contribution in [-0.4, -0.2) is 16.8 Å². The number of ether oxygens (including phenoxy) is 1. The summed E-state index contributed by atoms with van der Waals surface area (Å²) in [4.78, 5) is 27.8. The van der Waals surface area contributed by atoms with E-state index in [4.69, 9.17) is 10.5 Å². The molecule has 33 heavy (non-hydrogen) atoms. The van der Waals surface area contributed by atoms with Gasteiger partial charge in [-0.2, -0.15) is 13.2 Å². The van der Waals surface area contributed by atoms with Gasteiger partial charge in [-0.15, -0.1) is 0 Å². The lowest BCUT2D eigenvalue weighted by Crippen LogP contribution is -2.19. The molecule has 1 aromatic heterocycles. The summed E-state index contributed by atoms with van der Waals surface area (Å²) in [7, 11) is 0. The first kappa shape index (κ1) is 23.6. The molecule has 172 valence electrons. The fraction of sp³-hybridized carbons (Fsp3) is 0.0952. The maximum Gasteiger partial charge on any atom is 0.419 e. The Bertz CT molecular complexity index is 1230. The maximum absolute atomic E-state index is 14.4. The number of carbonyl (C=O) groups is 2. The second-order valence-corrected chi connectivity index (χ2v) is 6.59. The summed E-state index contributed by atoms with van der Waals surface area (Å²) in [6.07, 6.45) is -2.67. The fourth-order valence-corrected chi connectivity index (χ4v) is 2.86. The highest BCUT2D eigenvalue weighted by Crippen LogP contribution is 2.33. The number of alkyl halides is 3. The van der Waals surface area contributed by atoms with Gasteiger partial charge in [-0.1, -0.05) is 0 Å². The van der Waals surface area contributed by atoms with Gasteiger partial charge in [0.25, 0.3) is 11.8 Å². The predicted octanol–water partition coefficient (Wildman–Crippen LogP) is 4.45. The zero-order valence-electron chi connectivity index (χ0n) is 16.3. The molecule has 0 aliphatic heterocycles. The average molecular weight is 469 g/mol. The summed E-state index contributed by atoms with van der Waals surface area (Å²) >= 11 is 0. The molecule has 0 saturated heterocycles. The number of primary amides is 1. The Morgan fingerprint density at radius 2 is 1.76 bits per heavy atom. The summed E-state index contributed by atoms with van der Waals surface area (Å²) in [6.45, 7) is -0.612. The minimum atomic E-state index is -5.03. The summed E-state index contributed by atoms with van der Waals surface area (Å²) in [5.41, 5.74) is 1.89. The molecule has 2 amide bonds. The molecule has 2 aromatic carbocycles. The number of hydrogen-bond donors (Lipinski definition) is 2. The first-order valence-corrected chi connectivity index (χ1v) is 9.00. The minimum absolute atomic E-state index is 0.0816. The zero-order chi connectivity index (χ0) is 24.3. The van der Waals surface area contributed by atoms with Gasteiger partial charge in [0, 0.05) is 29.7 Å². The van der Waals surface area contributed by atoms with Crippen molar-refractivity contribution in [3.8, 4) is 5.75 Å². The SMILES string of the molecule is NC(=O)c1cnccc1OCc1cc(F)cc(F)c1C(=O)Nc1ccc(F)c(C(F)(F)F)c1. The quantitative estimate of drug-likeness (QED) is 0.522. The highest BCUT2D eigenvalue weighted by Gasteiger charge is 2.34. The standard InChI is InChI=1S/C21H13F6N3O3/c22-11-5-10(9-33-17-3-4-29-8-13(17)19(28)31)18(16(24)6-11)20(32)30-12-1-2-15(23)14(7-12)21(25,26)27/h1-8H,9H2,(H2,28,31)(H,30,32). The molecule has 0 atom stereocenters. The molecular weight excluding hydrogens is 456 g/mol. The van der Waals surface area contributed by atoms with Crippen LogP contribution in [0.3, 0.4) is 0 Å². The number of hydrogen-bond acceptors (Lipinski definition) is 4. The third kappa shape index (κ3) is 5.40. The second kappa shape index (κ2) is 9.18. The first-order valence-electron chi connectivity index (χ1n) is 9.00. The van der Waals surface area contributed by atoms with Crippen molar-refractivity contribution in [2.45, 2.75) is 12.8 Å². The highest BCUT2D eigenvalue weighted by atomic mass is 19.4. The number of benzene rings is 2. The van der Waals surface area contributed by atoms with Crippen LogP contribution in [0, 0.1) is 17.5 Å². The molecule has 0 saturated carbocycles. The van der Waals surface area contributed by atoms with E-state index in [1.54, 1.807) is 0 Å². The van der Waals surface area contributed by atoms with Crippen molar-refractivity contribution in [1.82, 2.24) is 4.98 Å². The predicted molar refractivity (Wildman–Crippen MR) is 103 cm³/mol. The lowest BCUT2D eigenvalue weighted by atomic mass is 10.1. The molecule has 12 heteroatoms. The number of anilines is 1. The van der Waals surface area contributed by atoms with E-state index >= 15 is 0 Å². The number of halogens is 6. The Labute approximate surface area is 182 Å². The Morgan fingerprint density at radius 3 is 2.42 bits per heavy atom. The van der Waals surface area contributed by atoms with Crippen molar-refractivity contribution in [2.75, 3.05) is 5.32 Å². The van der Waals surface area contributed by atoms with Crippen molar-refractivity contribution in [2.24, 2.45) is 5.73 Å². The number of nitrogens with one attached hydrogen (secondary N) is 1. The van der Waals surface area contributed by atoms with Crippen LogP contribution in [-0.2, 0) is 12.8 Å².